The highest BCUT2D eigenvalue weighted by Crippen LogP contribution is 2.31. The molecule has 0 heterocycles. The normalized spacial score (nSPS) is 11.6. The van der Waals surface area contributed by atoms with Crippen LogP contribution in [0.2, 0.25) is 5.02 Å². The average molecular weight is 393 g/mol. The third kappa shape index (κ3) is 5.10. The largest absolute Gasteiger partial charge is 0.490 e. The molecular weight excluding hydrogens is 372 g/mol. The van der Waals surface area contributed by atoms with Crippen molar-refractivity contribution in [2.45, 2.75) is 26.8 Å². The molecular formula is C19H21ClN2O5. The number of hydrogen-bond donors (Lipinski definition) is 1. The molecule has 0 radical (unpaired) electrons. The summed E-state index contributed by atoms with van der Waals surface area (Å²) in [5, 5.41) is 13.8. The third-order valence-electron chi connectivity index (χ3n) is 3.82. The van der Waals surface area contributed by atoms with Crippen molar-refractivity contribution in [1.82, 2.24) is 5.32 Å². The molecule has 2 aromatic rings. The van der Waals surface area contributed by atoms with Gasteiger partial charge in [-0.2, -0.15) is 0 Å². The van der Waals surface area contributed by atoms with E-state index in [4.69, 9.17) is 21.1 Å². The van der Waals surface area contributed by atoms with Crippen LogP contribution in [-0.2, 0) is 0 Å². The fraction of sp³-hybridized carbons (Fsp3) is 0.316. The highest BCUT2D eigenvalue weighted by atomic mass is 35.5. The lowest BCUT2D eigenvalue weighted by Gasteiger charge is -2.17. The number of nitro groups is 1. The van der Waals surface area contributed by atoms with Crippen LogP contribution in [0.25, 0.3) is 0 Å². The van der Waals surface area contributed by atoms with Gasteiger partial charge in [0.1, 0.15) is 5.02 Å². The number of benzene rings is 2. The zero-order valence-corrected chi connectivity index (χ0v) is 16.1. The maximum absolute atomic E-state index is 12.5. The van der Waals surface area contributed by atoms with Crippen LogP contribution in [0.1, 0.15) is 42.7 Å². The predicted molar refractivity (Wildman–Crippen MR) is 103 cm³/mol. The molecule has 0 aliphatic rings. The van der Waals surface area contributed by atoms with E-state index in [0.717, 1.165) is 11.6 Å². The topological polar surface area (TPSA) is 90.7 Å². The van der Waals surface area contributed by atoms with Gasteiger partial charge in [-0.25, -0.2) is 0 Å². The molecule has 8 heteroatoms. The predicted octanol–water partition coefficient (Wildman–Crippen LogP) is 4.54. The SMILES string of the molecule is CCOc1ccc(C(C)NC(=O)c2ccc(Cl)c([N+](=O)[O-])c2)cc1OCC. The number of hydrogen-bond acceptors (Lipinski definition) is 5. The summed E-state index contributed by atoms with van der Waals surface area (Å²) >= 11 is 5.79. The maximum Gasteiger partial charge on any atom is 0.288 e. The quantitative estimate of drug-likeness (QED) is 0.526. The minimum absolute atomic E-state index is 0.0162. The van der Waals surface area contributed by atoms with Crippen LogP contribution in [-0.4, -0.2) is 24.0 Å². The van der Waals surface area contributed by atoms with Crippen LogP contribution >= 0.6 is 11.6 Å². The molecule has 0 fully saturated rings. The van der Waals surface area contributed by atoms with Crippen LogP contribution in [0.4, 0.5) is 5.69 Å². The molecule has 0 aliphatic heterocycles. The van der Waals surface area contributed by atoms with Crippen molar-refractivity contribution in [3.8, 4) is 11.5 Å². The molecule has 2 aromatic carbocycles. The molecule has 1 amide bonds. The Morgan fingerprint density at radius 3 is 2.44 bits per heavy atom. The number of carbonyl (C=O) groups is 1. The van der Waals surface area contributed by atoms with Gasteiger partial charge < -0.3 is 14.8 Å². The van der Waals surface area contributed by atoms with Gasteiger partial charge in [-0.05, 0) is 50.6 Å². The first kappa shape index (κ1) is 20.5. The van der Waals surface area contributed by atoms with Crippen molar-refractivity contribution in [1.29, 1.82) is 0 Å². The Labute approximate surface area is 162 Å². The van der Waals surface area contributed by atoms with Gasteiger partial charge >= 0.3 is 0 Å². The van der Waals surface area contributed by atoms with E-state index >= 15 is 0 Å². The van der Waals surface area contributed by atoms with Gasteiger partial charge in [-0.15, -0.1) is 0 Å². The first-order valence-electron chi connectivity index (χ1n) is 8.51. The number of amides is 1. The molecule has 0 aromatic heterocycles. The van der Waals surface area contributed by atoms with Gasteiger partial charge in [-0.1, -0.05) is 17.7 Å². The van der Waals surface area contributed by atoms with E-state index < -0.39 is 10.8 Å². The first-order chi connectivity index (χ1) is 12.9. The van der Waals surface area contributed by atoms with E-state index in [1.807, 2.05) is 32.9 Å². The highest BCUT2D eigenvalue weighted by Gasteiger charge is 2.18. The van der Waals surface area contributed by atoms with Crippen molar-refractivity contribution >= 4 is 23.2 Å². The number of halogens is 1. The molecule has 7 nitrogen and oxygen atoms in total. The Morgan fingerprint density at radius 2 is 1.81 bits per heavy atom. The number of nitrogens with zero attached hydrogens (tertiary/aromatic N) is 1. The highest BCUT2D eigenvalue weighted by molar-refractivity contribution is 6.32. The summed E-state index contributed by atoms with van der Waals surface area (Å²) in [5.41, 5.74) is 0.671. The van der Waals surface area contributed by atoms with Crippen molar-refractivity contribution in [2.24, 2.45) is 0 Å². The van der Waals surface area contributed by atoms with E-state index in [-0.39, 0.29) is 22.3 Å². The summed E-state index contributed by atoms with van der Waals surface area (Å²) < 4.78 is 11.1. The maximum atomic E-state index is 12.5. The zero-order valence-electron chi connectivity index (χ0n) is 15.3. The van der Waals surface area contributed by atoms with E-state index in [9.17, 15) is 14.9 Å². The Kier molecular flexibility index (Phi) is 7.01. The van der Waals surface area contributed by atoms with Gasteiger partial charge in [-0.3, -0.25) is 14.9 Å². The summed E-state index contributed by atoms with van der Waals surface area (Å²) in [6, 6.07) is 9.03. The van der Waals surface area contributed by atoms with Crippen LogP contribution < -0.4 is 14.8 Å². The standard InChI is InChI=1S/C19H21ClN2O5/c1-4-26-17-9-7-13(11-18(17)27-5-2)12(3)21-19(23)14-6-8-15(20)16(10-14)22(24)25/h6-12H,4-5H2,1-3H3,(H,21,23). The fourth-order valence-corrected chi connectivity index (χ4v) is 2.68. The van der Waals surface area contributed by atoms with Gasteiger partial charge in [0.25, 0.3) is 11.6 Å². The van der Waals surface area contributed by atoms with Crippen LogP contribution in [0.15, 0.2) is 36.4 Å². The van der Waals surface area contributed by atoms with E-state index in [0.29, 0.717) is 24.7 Å². The van der Waals surface area contributed by atoms with E-state index in [1.54, 1.807) is 6.07 Å². The molecule has 0 aliphatic carbocycles. The van der Waals surface area contributed by atoms with E-state index in [1.165, 1.54) is 12.1 Å². The molecule has 1 N–H and O–H groups in total. The van der Waals surface area contributed by atoms with Crippen LogP contribution in [0.5, 0.6) is 11.5 Å². The average Bonchev–Trinajstić information content (AvgIpc) is 2.63. The monoisotopic (exact) mass is 392 g/mol. The van der Waals surface area contributed by atoms with Crippen LogP contribution in [0.3, 0.4) is 0 Å². The second-order valence-corrected chi connectivity index (χ2v) is 6.10. The van der Waals surface area contributed by atoms with Crippen molar-refractivity contribution < 1.29 is 19.2 Å². The van der Waals surface area contributed by atoms with Gasteiger partial charge in [0.05, 0.1) is 24.2 Å². The van der Waals surface area contributed by atoms with Gasteiger partial charge in [0.15, 0.2) is 11.5 Å². The number of nitrogens with one attached hydrogen (secondary N) is 1. The summed E-state index contributed by atoms with van der Waals surface area (Å²) in [4.78, 5) is 22.8. The van der Waals surface area contributed by atoms with Crippen molar-refractivity contribution in [2.75, 3.05) is 13.2 Å². The second kappa shape index (κ2) is 9.23. The minimum atomic E-state index is -0.622. The Hall–Kier alpha value is -2.80. The lowest BCUT2D eigenvalue weighted by atomic mass is 10.1. The molecule has 0 saturated heterocycles. The third-order valence-corrected chi connectivity index (χ3v) is 4.14. The summed E-state index contributed by atoms with van der Waals surface area (Å²) in [5.74, 6) is 0.796. The molecule has 144 valence electrons. The Morgan fingerprint density at radius 1 is 1.15 bits per heavy atom. The number of rotatable bonds is 8. The zero-order chi connectivity index (χ0) is 20.0. The molecule has 1 atom stereocenters. The molecule has 0 spiro atoms. The Bertz CT molecular complexity index is 841. The summed E-state index contributed by atoms with van der Waals surface area (Å²) in [6.45, 7) is 6.58. The lowest BCUT2D eigenvalue weighted by molar-refractivity contribution is -0.384. The molecule has 0 saturated carbocycles. The van der Waals surface area contributed by atoms with Crippen molar-refractivity contribution in [3.05, 3.63) is 62.7 Å². The fourth-order valence-electron chi connectivity index (χ4n) is 2.49. The smallest absolute Gasteiger partial charge is 0.288 e. The Balaban J connectivity index is 2.20. The van der Waals surface area contributed by atoms with E-state index in [2.05, 4.69) is 5.32 Å². The molecule has 2 rings (SSSR count). The number of carbonyl (C=O) groups excluding carboxylic acids is 1. The second-order valence-electron chi connectivity index (χ2n) is 5.69. The van der Waals surface area contributed by atoms with Gasteiger partial charge in [0, 0.05) is 11.6 Å². The van der Waals surface area contributed by atoms with Gasteiger partial charge in [0.2, 0.25) is 0 Å². The molecule has 0 bridgehead atoms. The lowest BCUT2D eigenvalue weighted by Crippen LogP contribution is -2.26. The molecule has 1 unspecified atom stereocenters. The summed E-state index contributed by atoms with van der Waals surface area (Å²) in [6.07, 6.45) is 0. The van der Waals surface area contributed by atoms with Crippen molar-refractivity contribution in [3.63, 3.8) is 0 Å². The summed E-state index contributed by atoms with van der Waals surface area (Å²) in [7, 11) is 0. The number of nitro benzene ring substituents is 1. The first-order valence-corrected chi connectivity index (χ1v) is 8.89. The number of ether oxygens (including phenoxy) is 2. The molecule has 27 heavy (non-hydrogen) atoms. The minimum Gasteiger partial charge on any atom is -0.490 e. The van der Waals surface area contributed by atoms with Crippen LogP contribution in [0, 0.1) is 10.1 Å².